The Morgan fingerprint density at radius 3 is 2.59 bits per heavy atom. The number of nitrogens with one attached hydrogen (secondary N) is 2. The highest BCUT2D eigenvalue weighted by atomic mass is 19.4. The summed E-state index contributed by atoms with van der Waals surface area (Å²) in [5.74, 6) is -0.178. The van der Waals surface area contributed by atoms with Crippen LogP contribution in [0.5, 0.6) is 0 Å². The second-order valence-corrected chi connectivity index (χ2v) is 4.22. The minimum absolute atomic E-state index is 0.00462. The predicted molar refractivity (Wildman–Crippen MR) is 55.5 cm³/mol. The molecule has 1 amide bonds. The monoisotopic (exact) mass is 254 g/mol. The summed E-state index contributed by atoms with van der Waals surface area (Å²) in [6.45, 7) is -0.699. The smallest absolute Gasteiger partial charge is 0.368 e. The Morgan fingerprint density at radius 1 is 1.41 bits per heavy atom. The third kappa shape index (κ3) is 5.88. The molecule has 0 radical (unpaired) electrons. The molecule has 0 aliphatic heterocycles. The lowest BCUT2D eigenvalue weighted by Gasteiger charge is -2.34. The van der Waals surface area contributed by atoms with Gasteiger partial charge in [0.25, 0.3) is 0 Å². The Hall–Kier alpha value is -0.820. The first-order valence-electron chi connectivity index (χ1n) is 5.50. The number of carbonyl (C=O) groups excluding carboxylic acids is 1. The van der Waals surface area contributed by atoms with Gasteiger partial charge in [-0.05, 0) is 32.4 Å². The molecule has 0 aromatic carbocycles. The third-order valence-corrected chi connectivity index (χ3v) is 2.62. The van der Waals surface area contributed by atoms with Crippen LogP contribution in [0.4, 0.5) is 13.2 Å². The molecule has 0 aromatic rings. The van der Waals surface area contributed by atoms with E-state index in [0.29, 0.717) is 5.92 Å². The van der Waals surface area contributed by atoms with Gasteiger partial charge < -0.3 is 15.4 Å². The standard InChI is InChI=1S/C10H17F3N2O2/c1-14-4-7-2-8(3-7)17-5-9(16)15-6-10(11,12)13/h7-8,14H,2-6H2,1H3,(H,15,16). The van der Waals surface area contributed by atoms with Crippen molar-refractivity contribution >= 4 is 5.91 Å². The molecule has 1 aliphatic carbocycles. The van der Waals surface area contributed by atoms with Gasteiger partial charge in [-0.1, -0.05) is 0 Å². The highest BCUT2D eigenvalue weighted by molar-refractivity contribution is 5.77. The second-order valence-electron chi connectivity index (χ2n) is 4.22. The van der Waals surface area contributed by atoms with Crippen LogP contribution in [0.3, 0.4) is 0 Å². The van der Waals surface area contributed by atoms with Crippen molar-refractivity contribution in [3.8, 4) is 0 Å². The van der Waals surface area contributed by atoms with Crippen molar-refractivity contribution in [2.75, 3.05) is 26.7 Å². The Balaban J connectivity index is 2.02. The Bertz CT molecular complexity index is 252. The van der Waals surface area contributed by atoms with Crippen LogP contribution in [0.2, 0.25) is 0 Å². The van der Waals surface area contributed by atoms with Gasteiger partial charge in [-0.15, -0.1) is 0 Å². The molecule has 7 heteroatoms. The molecule has 1 fully saturated rings. The third-order valence-electron chi connectivity index (χ3n) is 2.62. The Morgan fingerprint density at radius 2 is 2.06 bits per heavy atom. The first kappa shape index (κ1) is 14.2. The average Bonchev–Trinajstić information content (AvgIpc) is 2.17. The molecule has 0 heterocycles. The number of alkyl halides is 3. The molecule has 17 heavy (non-hydrogen) atoms. The molecule has 0 spiro atoms. The molecular weight excluding hydrogens is 237 g/mol. The molecule has 2 N–H and O–H groups in total. The normalized spacial score (nSPS) is 24.2. The molecule has 1 aliphatic rings. The van der Waals surface area contributed by atoms with Crippen LogP contribution < -0.4 is 10.6 Å². The maximum absolute atomic E-state index is 11.8. The van der Waals surface area contributed by atoms with Crippen LogP contribution in [0.15, 0.2) is 0 Å². The van der Waals surface area contributed by atoms with Gasteiger partial charge in [0.05, 0.1) is 6.10 Å². The van der Waals surface area contributed by atoms with Crippen LogP contribution in [0.25, 0.3) is 0 Å². The van der Waals surface area contributed by atoms with Gasteiger partial charge in [0.2, 0.25) is 5.91 Å². The first-order chi connectivity index (χ1) is 7.90. The number of hydrogen-bond acceptors (Lipinski definition) is 3. The summed E-state index contributed by atoms with van der Waals surface area (Å²) in [6, 6.07) is 0. The molecule has 1 saturated carbocycles. The lowest BCUT2D eigenvalue weighted by atomic mass is 9.82. The number of hydrogen-bond donors (Lipinski definition) is 2. The summed E-state index contributed by atoms with van der Waals surface area (Å²) in [5.41, 5.74) is 0. The zero-order valence-electron chi connectivity index (χ0n) is 9.64. The van der Waals surface area contributed by atoms with Gasteiger partial charge >= 0.3 is 6.18 Å². The van der Waals surface area contributed by atoms with E-state index in [1.54, 1.807) is 5.32 Å². The van der Waals surface area contributed by atoms with Crippen molar-refractivity contribution in [2.45, 2.75) is 25.1 Å². The molecule has 0 saturated heterocycles. The topological polar surface area (TPSA) is 50.4 Å². The fourth-order valence-electron chi connectivity index (χ4n) is 1.71. The van der Waals surface area contributed by atoms with E-state index in [0.717, 1.165) is 19.4 Å². The van der Waals surface area contributed by atoms with E-state index in [1.807, 2.05) is 7.05 Å². The van der Waals surface area contributed by atoms with E-state index in [1.165, 1.54) is 0 Å². The van der Waals surface area contributed by atoms with Crippen molar-refractivity contribution in [1.29, 1.82) is 0 Å². The quantitative estimate of drug-likeness (QED) is 0.733. The molecule has 0 aromatic heterocycles. The first-order valence-corrected chi connectivity index (χ1v) is 5.50. The molecule has 100 valence electrons. The summed E-state index contributed by atoms with van der Waals surface area (Å²) < 4.78 is 40.5. The second kappa shape index (κ2) is 6.20. The minimum atomic E-state index is -4.37. The van der Waals surface area contributed by atoms with Crippen molar-refractivity contribution < 1.29 is 22.7 Å². The van der Waals surface area contributed by atoms with Gasteiger partial charge in [-0.25, -0.2) is 0 Å². The zero-order valence-corrected chi connectivity index (χ0v) is 9.64. The highest BCUT2D eigenvalue weighted by Crippen LogP contribution is 2.29. The number of amides is 1. The van der Waals surface area contributed by atoms with Gasteiger partial charge in [0.15, 0.2) is 0 Å². The number of ether oxygens (including phenoxy) is 1. The molecule has 4 nitrogen and oxygen atoms in total. The average molecular weight is 254 g/mol. The minimum Gasteiger partial charge on any atom is -0.368 e. The fourth-order valence-corrected chi connectivity index (χ4v) is 1.71. The number of rotatable bonds is 6. The van der Waals surface area contributed by atoms with E-state index in [9.17, 15) is 18.0 Å². The van der Waals surface area contributed by atoms with E-state index in [4.69, 9.17) is 4.74 Å². The number of carbonyl (C=O) groups is 1. The highest BCUT2D eigenvalue weighted by Gasteiger charge is 2.30. The van der Waals surface area contributed by atoms with Crippen molar-refractivity contribution in [3.63, 3.8) is 0 Å². The Labute approximate surface area is 97.9 Å². The van der Waals surface area contributed by atoms with Crippen LogP contribution in [-0.2, 0) is 9.53 Å². The lowest BCUT2D eigenvalue weighted by Crippen LogP contribution is -2.40. The maximum atomic E-state index is 11.8. The van der Waals surface area contributed by atoms with Gasteiger partial charge in [0, 0.05) is 0 Å². The number of halogens is 3. The summed E-state index contributed by atoms with van der Waals surface area (Å²) in [6.07, 6.45) is -2.66. The molecule has 0 unspecified atom stereocenters. The van der Waals surface area contributed by atoms with Crippen molar-refractivity contribution in [3.05, 3.63) is 0 Å². The molecule has 0 bridgehead atoms. The predicted octanol–water partition coefficient (Wildman–Crippen LogP) is 0.679. The summed E-state index contributed by atoms with van der Waals surface area (Å²) in [4.78, 5) is 11.0. The van der Waals surface area contributed by atoms with E-state index in [2.05, 4.69) is 5.32 Å². The lowest BCUT2D eigenvalue weighted by molar-refractivity contribution is -0.144. The largest absolute Gasteiger partial charge is 0.405 e. The van der Waals surface area contributed by atoms with E-state index >= 15 is 0 Å². The van der Waals surface area contributed by atoms with Crippen LogP contribution in [-0.4, -0.2) is 44.9 Å². The summed E-state index contributed by atoms with van der Waals surface area (Å²) >= 11 is 0. The van der Waals surface area contributed by atoms with Crippen molar-refractivity contribution in [2.24, 2.45) is 5.92 Å². The van der Waals surface area contributed by atoms with Crippen molar-refractivity contribution in [1.82, 2.24) is 10.6 Å². The van der Waals surface area contributed by atoms with Crippen LogP contribution in [0, 0.1) is 5.92 Å². The van der Waals surface area contributed by atoms with Crippen LogP contribution in [0.1, 0.15) is 12.8 Å². The summed E-state index contributed by atoms with van der Waals surface area (Å²) in [7, 11) is 1.86. The van der Waals surface area contributed by atoms with E-state index in [-0.39, 0.29) is 12.7 Å². The van der Waals surface area contributed by atoms with Crippen LogP contribution >= 0.6 is 0 Å². The molecular formula is C10H17F3N2O2. The van der Waals surface area contributed by atoms with Gasteiger partial charge in [-0.2, -0.15) is 13.2 Å². The fraction of sp³-hybridized carbons (Fsp3) is 0.900. The molecule has 0 atom stereocenters. The Kier molecular flexibility index (Phi) is 5.20. The van der Waals surface area contributed by atoms with Gasteiger partial charge in [0.1, 0.15) is 13.2 Å². The summed E-state index contributed by atoms with van der Waals surface area (Å²) in [5, 5.41) is 4.79. The SMILES string of the molecule is CNCC1CC(OCC(=O)NCC(F)(F)F)C1. The zero-order chi connectivity index (χ0) is 12.9. The molecule has 1 rings (SSSR count). The maximum Gasteiger partial charge on any atom is 0.405 e. The van der Waals surface area contributed by atoms with E-state index < -0.39 is 18.6 Å². The van der Waals surface area contributed by atoms with Gasteiger partial charge in [-0.3, -0.25) is 4.79 Å².